The largest absolute Gasteiger partial charge is 0.465 e. The first kappa shape index (κ1) is 13.1. The van der Waals surface area contributed by atoms with Crippen molar-refractivity contribution in [1.82, 2.24) is 10.3 Å². The molecule has 1 N–H and O–H groups in total. The smallest absolute Gasteiger partial charge is 0.325 e. The summed E-state index contributed by atoms with van der Waals surface area (Å²) in [5.74, 6) is -0.679. The van der Waals surface area contributed by atoms with Crippen LogP contribution in [0.3, 0.4) is 0 Å². The van der Waals surface area contributed by atoms with Gasteiger partial charge in [0.25, 0.3) is 0 Å². The van der Waals surface area contributed by atoms with Crippen LogP contribution < -0.4 is 5.32 Å². The number of amides is 1. The van der Waals surface area contributed by atoms with E-state index in [2.05, 4.69) is 31.0 Å². The number of hydrogen-bond donors (Lipinski definition) is 1. The number of rotatable bonds is 5. The van der Waals surface area contributed by atoms with Crippen LogP contribution in [0.25, 0.3) is 0 Å². The molecule has 5 nitrogen and oxygen atoms in total. The molecule has 0 saturated heterocycles. The van der Waals surface area contributed by atoms with Crippen molar-refractivity contribution in [3.8, 4) is 0 Å². The van der Waals surface area contributed by atoms with Gasteiger partial charge in [-0.25, -0.2) is 4.98 Å². The summed E-state index contributed by atoms with van der Waals surface area (Å²) >= 11 is 4.62. The van der Waals surface area contributed by atoms with Crippen LogP contribution >= 0.6 is 27.3 Å². The van der Waals surface area contributed by atoms with Gasteiger partial charge in [0.2, 0.25) is 5.91 Å². The molecule has 7 heteroatoms. The molecule has 0 aromatic carbocycles. The first-order valence-corrected chi connectivity index (χ1v) is 6.31. The van der Waals surface area contributed by atoms with Gasteiger partial charge in [0.05, 0.1) is 18.7 Å². The van der Waals surface area contributed by atoms with Gasteiger partial charge in [-0.05, 0) is 22.9 Å². The third-order valence-corrected chi connectivity index (χ3v) is 3.01. The van der Waals surface area contributed by atoms with E-state index >= 15 is 0 Å². The van der Waals surface area contributed by atoms with Gasteiger partial charge in [0.15, 0.2) is 3.92 Å². The van der Waals surface area contributed by atoms with Crippen molar-refractivity contribution in [2.75, 3.05) is 13.2 Å². The van der Waals surface area contributed by atoms with E-state index in [1.54, 1.807) is 12.3 Å². The molecule has 0 bridgehead atoms. The summed E-state index contributed by atoms with van der Waals surface area (Å²) in [4.78, 5) is 26.4. The fourth-order valence-electron chi connectivity index (χ4n) is 0.973. The Balaban J connectivity index is 2.28. The molecule has 1 aromatic rings. The number of esters is 1. The molecule has 0 aliphatic carbocycles. The van der Waals surface area contributed by atoms with E-state index in [4.69, 9.17) is 0 Å². The molecule has 88 valence electrons. The maximum absolute atomic E-state index is 11.4. The van der Waals surface area contributed by atoms with Crippen molar-refractivity contribution in [2.24, 2.45) is 0 Å². The predicted molar refractivity (Wildman–Crippen MR) is 63.2 cm³/mol. The summed E-state index contributed by atoms with van der Waals surface area (Å²) in [5.41, 5.74) is 0.679. The molecule has 0 fully saturated rings. The molecule has 16 heavy (non-hydrogen) atoms. The molecule has 1 aromatic heterocycles. The Kier molecular flexibility index (Phi) is 5.41. The van der Waals surface area contributed by atoms with Crippen molar-refractivity contribution in [2.45, 2.75) is 13.3 Å². The van der Waals surface area contributed by atoms with Gasteiger partial charge in [-0.1, -0.05) is 0 Å². The molecular weight excluding hydrogens is 296 g/mol. The monoisotopic (exact) mass is 306 g/mol. The summed E-state index contributed by atoms with van der Waals surface area (Å²) in [6.45, 7) is 1.93. The Morgan fingerprint density at radius 3 is 2.94 bits per heavy atom. The van der Waals surface area contributed by atoms with E-state index in [-0.39, 0.29) is 18.9 Å². The Bertz CT molecular complexity index is 381. The van der Waals surface area contributed by atoms with Gasteiger partial charge in [-0.3, -0.25) is 9.59 Å². The summed E-state index contributed by atoms with van der Waals surface area (Å²) in [5, 5.41) is 4.25. The summed E-state index contributed by atoms with van der Waals surface area (Å²) in [7, 11) is 0. The average molecular weight is 307 g/mol. The average Bonchev–Trinajstić information content (AvgIpc) is 2.61. The van der Waals surface area contributed by atoms with Crippen molar-refractivity contribution >= 4 is 39.1 Å². The molecule has 1 amide bonds. The van der Waals surface area contributed by atoms with Crippen LogP contribution in [0, 0.1) is 0 Å². The fourth-order valence-corrected chi connectivity index (χ4v) is 2.02. The molecule has 1 heterocycles. The SMILES string of the molecule is CCOC(=O)CNC(=O)Cc1csc(Br)n1. The van der Waals surface area contributed by atoms with E-state index in [1.165, 1.54) is 11.3 Å². The Morgan fingerprint density at radius 1 is 1.62 bits per heavy atom. The number of ether oxygens (including phenoxy) is 1. The number of halogens is 1. The van der Waals surface area contributed by atoms with Gasteiger partial charge in [0, 0.05) is 5.38 Å². The maximum atomic E-state index is 11.4. The normalized spacial score (nSPS) is 9.88. The fraction of sp³-hybridized carbons (Fsp3) is 0.444. The number of thiazole rings is 1. The zero-order valence-electron chi connectivity index (χ0n) is 8.66. The molecule has 0 spiro atoms. The summed E-state index contributed by atoms with van der Waals surface area (Å²) in [6.07, 6.45) is 0.168. The highest BCUT2D eigenvalue weighted by molar-refractivity contribution is 9.11. The van der Waals surface area contributed by atoms with Crippen molar-refractivity contribution in [1.29, 1.82) is 0 Å². The van der Waals surface area contributed by atoms with Gasteiger partial charge in [0.1, 0.15) is 6.54 Å². The molecule has 0 aliphatic heterocycles. The first-order chi connectivity index (χ1) is 7.61. The molecular formula is C9H11BrN2O3S. The Hall–Kier alpha value is -0.950. The topological polar surface area (TPSA) is 68.3 Å². The van der Waals surface area contributed by atoms with Crippen molar-refractivity contribution < 1.29 is 14.3 Å². The second-order valence-corrected chi connectivity index (χ2v) is 4.98. The first-order valence-electron chi connectivity index (χ1n) is 4.64. The molecule has 0 atom stereocenters. The van der Waals surface area contributed by atoms with Gasteiger partial charge in [-0.2, -0.15) is 0 Å². The van der Waals surface area contributed by atoms with E-state index in [0.29, 0.717) is 12.3 Å². The lowest BCUT2D eigenvalue weighted by molar-refractivity contribution is -0.143. The lowest BCUT2D eigenvalue weighted by Crippen LogP contribution is -2.31. The van der Waals surface area contributed by atoms with Gasteiger partial charge >= 0.3 is 5.97 Å². The molecule has 0 unspecified atom stereocenters. The standard InChI is InChI=1S/C9H11BrN2O3S/c1-2-15-8(14)4-11-7(13)3-6-5-16-9(10)12-6/h5H,2-4H2,1H3,(H,11,13). The van der Waals surface area contributed by atoms with Crippen molar-refractivity contribution in [3.63, 3.8) is 0 Å². The zero-order valence-corrected chi connectivity index (χ0v) is 11.1. The Morgan fingerprint density at radius 2 is 2.38 bits per heavy atom. The van der Waals surface area contributed by atoms with Crippen molar-refractivity contribution in [3.05, 3.63) is 15.0 Å². The van der Waals surface area contributed by atoms with Crippen LogP contribution in [0.1, 0.15) is 12.6 Å². The minimum atomic E-state index is -0.435. The summed E-state index contributed by atoms with van der Waals surface area (Å²) in [6, 6.07) is 0. The van der Waals surface area contributed by atoms with Gasteiger partial charge in [-0.15, -0.1) is 11.3 Å². The third kappa shape index (κ3) is 4.71. The van der Waals surface area contributed by atoms with Crippen LogP contribution in [0.5, 0.6) is 0 Å². The Labute approximate surface area is 105 Å². The zero-order chi connectivity index (χ0) is 12.0. The number of hydrogen-bond acceptors (Lipinski definition) is 5. The lowest BCUT2D eigenvalue weighted by Gasteiger charge is -2.03. The van der Waals surface area contributed by atoms with Gasteiger partial charge < -0.3 is 10.1 Å². The minimum Gasteiger partial charge on any atom is -0.465 e. The lowest BCUT2D eigenvalue weighted by atomic mass is 10.3. The maximum Gasteiger partial charge on any atom is 0.325 e. The van der Waals surface area contributed by atoms with Crippen LogP contribution in [0.15, 0.2) is 9.30 Å². The molecule has 0 radical (unpaired) electrons. The number of carbonyl (C=O) groups excluding carboxylic acids is 2. The molecule has 0 aliphatic rings. The highest BCUT2D eigenvalue weighted by Gasteiger charge is 2.08. The van der Waals surface area contributed by atoms with Crippen LogP contribution in [-0.4, -0.2) is 30.0 Å². The second-order valence-electron chi connectivity index (χ2n) is 2.85. The van der Waals surface area contributed by atoms with E-state index in [9.17, 15) is 9.59 Å². The van der Waals surface area contributed by atoms with E-state index < -0.39 is 5.97 Å². The highest BCUT2D eigenvalue weighted by Crippen LogP contribution is 2.15. The predicted octanol–water partition coefficient (Wildman–Crippen LogP) is 1.13. The molecule has 0 saturated carbocycles. The highest BCUT2D eigenvalue weighted by atomic mass is 79.9. The number of carbonyl (C=O) groups is 2. The third-order valence-electron chi connectivity index (χ3n) is 1.60. The van der Waals surface area contributed by atoms with E-state index in [1.807, 2.05) is 0 Å². The second kappa shape index (κ2) is 6.59. The van der Waals surface area contributed by atoms with E-state index in [0.717, 1.165) is 3.92 Å². The number of nitrogens with zero attached hydrogens (tertiary/aromatic N) is 1. The molecule has 1 rings (SSSR count). The quantitative estimate of drug-likeness (QED) is 0.828. The van der Waals surface area contributed by atoms with Crippen LogP contribution in [-0.2, 0) is 20.7 Å². The minimum absolute atomic E-state index is 0.0992. The van der Waals surface area contributed by atoms with Crippen LogP contribution in [0.4, 0.5) is 0 Å². The van der Waals surface area contributed by atoms with Crippen LogP contribution in [0.2, 0.25) is 0 Å². The number of aromatic nitrogens is 1. The summed E-state index contributed by atoms with van der Waals surface area (Å²) < 4.78 is 5.41. The number of nitrogens with one attached hydrogen (secondary N) is 1.